The summed E-state index contributed by atoms with van der Waals surface area (Å²) in [7, 11) is 0. The van der Waals surface area contributed by atoms with Crippen LogP contribution in [0.2, 0.25) is 0 Å². The summed E-state index contributed by atoms with van der Waals surface area (Å²) < 4.78 is 1.84. The number of piperidine rings is 1. The van der Waals surface area contributed by atoms with E-state index in [0.29, 0.717) is 6.54 Å². The molecule has 1 aliphatic heterocycles. The number of carbonyl (C=O) groups is 1. The Kier molecular flexibility index (Phi) is 5.03. The van der Waals surface area contributed by atoms with Gasteiger partial charge >= 0.3 is 0 Å². The molecular formula is C18H25N5O2. The summed E-state index contributed by atoms with van der Waals surface area (Å²) in [5.74, 6) is 0.818. The number of hydrogen-bond donors (Lipinski definition) is 2. The summed E-state index contributed by atoms with van der Waals surface area (Å²) in [5.41, 5.74) is 7.93. The number of carbonyl (C=O) groups excluding carboxylic acids is 1. The number of rotatable bonds is 5. The molecule has 0 radical (unpaired) electrons. The molecule has 3 N–H and O–H groups in total. The molecule has 1 amide bonds. The molecule has 3 rings (SSSR count). The molecule has 0 spiro atoms. The number of likely N-dealkylation sites (tertiary alicyclic amines) is 1. The zero-order chi connectivity index (χ0) is 18.0. The van der Waals surface area contributed by atoms with E-state index in [4.69, 9.17) is 5.73 Å². The first-order valence-corrected chi connectivity index (χ1v) is 8.65. The summed E-state index contributed by atoms with van der Waals surface area (Å²) in [5, 5.41) is 0. The van der Waals surface area contributed by atoms with Crippen molar-refractivity contribution in [3.8, 4) is 0 Å². The number of imidazole rings is 1. The number of aromatic nitrogens is 3. The van der Waals surface area contributed by atoms with E-state index in [1.165, 1.54) is 0 Å². The van der Waals surface area contributed by atoms with E-state index >= 15 is 0 Å². The highest BCUT2D eigenvalue weighted by atomic mass is 16.1. The summed E-state index contributed by atoms with van der Waals surface area (Å²) >= 11 is 0. The number of hydrogen-bond acceptors (Lipinski definition) is 4. The van der Waals surface area contributed by atoms with Gasteiger partial charge in [0, 0.05) is 54.4 Å². The van der Waals surface area contributed by atoms with Gasteiger partial charge in [-0.1, -0.05) is 0 Å². The van der Waals surface area contributed by atoms with Crippen molar-refractivity contribution in [2.45, 2.75) is 45.7 Å². The topological polar surface area (TPSA) is 97.0 Å². The maximum absolute atomic E-state index is 12.1. The number of aryl methyl sites for hydroxylation is 1. The average Bonchev–Trinajstić information content (AvgIpc) is 3.03. The average molecular weight is 343 g/mol. The number of nitrogens with zero attached hydrogens (tertiary/aromatic N) is 3. The smallest absolute Gasteiger partial charge is 0.237 e. The minimum Gasteiger partial charge on any atom is -0.368 e. The lowest BCUT2D eigenvalue weighted by atomic mass is 9.96. The van der Waals surface area contributed by atoms with Crippen LogP contribution in [0.1, 0.15) is 41.4 Å². The molecule has 2 aromatic rings. The lowest BCUT2D eigenvalue weighted by Crippen LogP contribution is -2.36. The molecule has 25 heavy (non-hydrogen) atoms. The first-order chi connectivity index (χ1) is 12.0. The summed E-state index contributed by atoms with van der Waals surface area (Å²) in [6.45, 7) is 6.42. The Morgan fingerprint density at radius 3 is 3.00 bits per heavy atom. The maximum Gasteiger partial charge on any atom is 0.237 e. The van der Waals surface area contributed by atoms with Crippen LogP contribution in [-0.4, -0.2) is 38.4 Å². The largest absolute Gasteiger partial charge is 0.368 e. The highest BCUT2D eigenvalue weighted by Crippen LogP contribution is 2.26. The number of amides is 1. The van der Waals surface area contributed by atoms with Crippen LogP contribution in [0.25, 0.3) is 0 Å². The van der Waals surface area contributed by atoms with Gasteiger partial charge in [0.25, 0.3) is 0 Å². The molecular weight excluding hydrogens is 318 g/mol. The van der Waals surface area contributed by atoms with Crippen molar-refractivity contribution in [3.63, 3.8) is 0 Å². The molecule has 3 heterocycles. The Bertz CT molecular complexity index is 823. The van der Waals surface area contributed by atoms with Crippen molar-refractivity contribution in [1.82, 2.24) is 19.4 Å². The van der Waals surface area contributed by atoms with Gasteiger partial charge in [-0.25, -0.2) is 4.98 Å². The number of nitrogens with one attached hydrogen (secondary N) is 1. The normalized spacial score (nSPS) is 18.4. The minimum atomic E-state index is -0.361. The second-order valence-electron chi connectivity index (χ2n) is 6.86. The number of nitrogens with two attached hydrogens (primary N) is 1. The molecule has 2 aromatic heterocycles. The molecule has 0 unspecified atom stereocenters. The van der Waals surface area contributed by atoms with Gasteiger partial charge in [-0.3, -0.25) is 14.5 Å². The number of aromatic amines is 1. The number of pyridine rings is 1. The predicted molar refractivity (Wildman–Crippen MR) is 95.2 cm³/mol. The molecule has 134 valence electrons. The quantitative estimate of drug-likeness (QED) is 0.848. The van der Waals surface area contributed by atoms with Crippen molar-refractivity contribution in [2.75, 3.05) is 13.1 Å². The Hall–Kier alpha value is -2.41. The van der Waals surface area contributed by atoms with Gasteiger partial charge in [0.2, 0.25) is 5.91 Å². The second kappa shape index (κ2) is 7.23. The van der Waals surface area contributed by atoms with E-state index in [0.717, 1.165) is 48.6 Å². The summed E-state index contributed by atoms with van der Waals surface area (Å²) in [4.78, 5) is 33.4. The Labute approximate surface area is 146 Å². The Morgan fingerprint density at radius 2 is 2.24 bits per heavy atom. The van der Waals surface area contributed by atoms with Crippen molar-refractivity contribution < 1.29 is 4.79 Å². The zero-order valence-electron chi connectivity index (χ0n) is 14.8. The van der Waals surface area contributed by atoms with E-state index in [9.17, 15) is 9.59 Å². The van der Waals surface area contributed by atoms with E-state index in [-0.39, 0.29) is 23.8 Å². The molecule has 1 fully saturated rings. The van der Waals surface area contributed by atoms with Crippen molar-refractivity contribution >= 4 is 5.91 Å². The van der Waals surface area contributed by atoms with Gasteiger partial charge in [-0.05, 0) is 33.2 Å². The van der Waals surface area contributed by atoms with Crippen LogP contribution in [0.3, 0.4) is 0 Å². The molecule has 1 aliphatic rings. The molecule has 0 aromatic carbocycles. The number of primary amides is 1. The lowest BCUT2D eigenvalue weighted by molar-refractivity contribution is -0.118. The maximum atomic E-state index is 12.1. The zero-order valence-corrected chi connectivity index (χ0v) is 14.8. The second-order valence-corrected chi connectivity index (χ2v) is 6.86. The monoisotopic (exact) mass is 343 g/mol. The van der Waals surface area contributed by atoms with Crippen LogP contribution in [0.4, 0.5) is 0 Å². The first-order valence-electron chi connectivity index (χ1n) is 8.65. The van der Waals surface area contributed by atoms with Gasteiger partial charge in [0.05, 0.1) is 0 Å². The molecule has 1 atom stereocenters. The fraction of sp³-hybridized carbons (Fsp3) is 0.500. The van der Waals surface area contributed by atoms with Crippen LogP contribution in [-0.2, 0) is 17.9 Å². The van der Waals surface area contributed by atoms with Crippen LogP contribution in [0.5, 0.6) is 0 Å². The van der Waals surface area contributed by atoms with E-state index in [2.05, 4.69) is 14.9 Å². The molecule has 7 nitrogen and oxygen atoms in total. The van der Waals surface area contributed by atoms with Crippen LogP contribution >= 0.6 is 0 Å². The van der Waals surface area contributed by atoms with Crippen molar-refractivity contribution in [2.24, 2.45) is 5.73 Å². The van der Waals surface area contributed by atoms with Gasteiger partial charge < -0.3 is 15.3 Å². The minimum absolute atomic E-state index is 0.110. The highest BCUT2D eigenvalue weighted by Gasteiger charge is 2.25. The van der Waals surface area contributed by atoms with Crippen LogP contribution < -0.4 is 11.2 Å². The Balaban J connectivity index is 1.74. The third-order valence-electron chi connectivity index (χ3n) is 4.94. The SMILES string of the molecule is Cc1c[nH]c(CN2CCC[C@@H](c3nccn3CC(N)=O)C2)c(C)c1=O. The third kappa shape index (κ3) is 3.82. The predicted octanol–water partition coefficient (Wildman–Crippen LogP) is 1.05. The molecule has 0 bridgehead atoms. The molecule has 0 saturated carbocycles. The molecule has 7 heteroatoms. The van der Waals surface area contributed by atoms with E-state index in [1.54, 1.807) is 18.6 Å². The van der Waals surface area contributed by atoms with Gasteiger partial charge in [0.15, 0.2) is 5.43 Å². The summed E-state index contributed by atoms with van der Waals surface area (Å²) in [6.07, 6.45) is 7.41. The highest BCUT2D eigenvalue weighted by molar-refractivity contribution is 5.73. The van der Waals surface area contributed by atoms with E-state index < -0.39 is 0 Å². The van der Waals surface area contributed by atoms with Crippen LogP contribution in [0, 0.1) is 13.8 Å². The fourth-order valence-electron chi connectivity index (χ4n) is 3.58. The third-order valence-corrected chi connectivity index (χ3v) is 4.94. The van der Waals surface area contributed by atoms with Crippen molar-refractivity contribution in [3.05, 3.63) is 51.5 Å². The molecule has 1 saturated heterocycles. The van der Waals surface area contributed by atoms with E-state index in [1.807, 2.05) is 18.4 Å². The standard InChI is InChI=1S/C18H25N5O2/c1-12-8-21-15(13(2)17(12)25)10-22-6-3-4-14(9-22)18-20-5-7-23(18)11-16(19)24/h5,7-8,14H,3-4,6,9-11H2,1-2H3,(H2,19,24)(H,21,25)/t14-/m1/s1. The van der Waals surface area contributed by atoms with Crippen molar-refractivity contribution in [1.29, 1.82) is 0 Å². The lowest BCUT2D eigenvalue weighted by Gasteiger charge is -2.32. The molecule has 0 aliphatic carbocycles. The van der Waals surface area contributed by atoms with Gasteiger partial charge in [0.1, 0.15) is 12.4 Å². The Morgan fingerprint density at radius 1 is 1.44 bits per heavy atom. The fourth-order valence-corrected chi connectivity index (χ4v) is 3.58. The van der Waals surface area contributed by atoms with Gasteiger partial charge in [-0.2, -0.15) is 0 Å². The summed E-state index contributed by atoms with van der Waals surface area (Å²) in [6, 6.07) is 0. The first kappa shape index (κ1) is 17.4. The number of H-pyrrole nitrogens is 1. The van der Waals surface area contributed by atoms with Crippen LogP contribution in [0.15, 0.2) is 23.4 Å². The van der Waals surface area contributed by atoms with Gasteiger partial charge in [-0.15, -0.1) is 0 Å².